The molecule has 0 saturated heterocycles. The van der Waals surface area contributed by atoms with Crippen LogP contribution in [0, 0.1) is 11.6 Å². The fourth-order valence-electron chi connectivity index (χ4n) is 1.82. The minimum atomic E-state index is -0.639. The van der Waals surface area contributed by atoms with E-state index in [4.69, 9.17) is 0 Å². The van der Waals surface area contributed by atoms with Gasteiger partial charge < -0.3 is 0 Å². The smallest absolute Gasteiger partial charge is 0.151 e. The number of fused-ring (bicyclic) bond motifs is 1. The van der Waals surface area contributed by atoms with Crippen molar-refractivity contribution in [1.82, 2.24) is 0 Å². The molecule has 0 aliphatic carbocycles. The quantitative estimate of drug-likeness (QED) is 0.834. The van der Waals surface area contributed by atoms with Crippen molar-refractivity contribution in [2.75, 3.05) is 11.2 Å². The molecule has 0 radical (unpaired) electrons. The second kappa shape index (κ2) is 5.30. The van der Waals surface area contributed by atoms with Gasteiger partial charge in [0.25, 0.3) is 0 Å². The van der Waals surface area contributed by atoms with E-state index in [0.717, 1.165) is 29.5 Å². The summed E-state index contributed by atoms with van der Waals surface area (Å²) in [4.78, 5) is 0. The van der Waals surface area contributed by atoms with E-state index >= 15 is 0 Å². The zero-order valence-corrected chi connectivity index (χ0v) is 11.5. The lowest BCUT2D eigenvalue weighted by Crippen LogP contribution is -2.10. The Labute approximate surface area is 117 Å². The lowest BCUT2D eigenvalue weighted by Gasteiger charge is -2.13. The Morgan fingerprint density at radius 3 is 2.95 bits per heavy atom. The molecule has 0 unspecified atom stereocenters. The molecule has 1 aromatic heterocycles. The Morgan fingerprint density at radius 1 is 1.21 bits per heavy atom. The second-order valence-electron chi connectivity index (χ2n) is 4.01. The molecule has 1 aliphatic rings. The predicted octanol–water partition coefficient (Wildman–Crippen LogP) is 4.34. The van der Waals surface area contributed by atoms with Crippen LogP contribution in [0.3, 0.4) is 0 Å². The van der Waals surface area contributed by atoms with Gasteiger partial charge in [-0.3, -0.25) is 5.43 Å². The van der Waals surface area contributed by atoms with E-state index in [-0.39, 0.29) is 5.69 Å². The first-order valence-corrected chi connectivity index (χ1v) is 7.59. The number of thioether (sulfide) groups is 1. The van der Waals surface area contributed by atoms with Gasteiger partial charge >= 0.3 is 0 Å². The maximum atomic E-state index is 13.5. The highest BCUT2D eigenvalue weighted by Gasteiger charge is 2.17. The van der Waals surface area contributed by atoms with Crippen LogP contribution in [0.1, 0.15) is 12.0 Å². The molecule has 19 heavy (non-hydrogen) atoms. The van der Waals surface area contributed by atoms with Gasteiger partial charge in [-0.05, 0) is 23.6 Å². The average Bonchev–Trinajstić information content (AvgIpc) is 2.86. The van der Waals surface area contributed by atoms with E-state index < -0.39 is 11.6 Å². The third-order valence-electron chi connectivity index (χ3n) is 2.76. The van der Waals surface area contributed by atoms with Crippen LogP contribution < -0.4 is 5.43 Å². The summed E-state index contributed by atoms with van der Waals surface area (Å²) < 4.78 is 27.5. The molecule has 0 atom stereocenters. The standard InChI is InChI=1S/C13H10F2N2S2/c14-8-1-2-12(10(15)7-8)17-16-11-4-6-19-13-9(11)3-5-18-13/h1-3,5,7,17H,4,6H2. The van der Waals surface area contributed by atoms with Crippen molar-refractivity contribution in [2.45, 2.75) is 10.6 Å². The van der Waals surface area contributed by atoms with E-state index in [1.54, 1.807) is 11.3 Å². The summed E-state index contributed by atoms with van der Waals surface area (Å²) in [6, 6.07) is 5.42. The largest absolute Gasteiger partial charge is 0.275 e. The third kappa shape index (κ3) is 2.64. The van der Waals surface area contributed by atoms with Crippen LogP contribution in [0.5, 0.6) is 0 Å². The summed E-state index contributed by atoms with van der Waals surface area (Å²) in [5.74, 6) is -0.259. The topological polar surface area (TPSA) is 24.4 Å². The highest BCUT2D eigenvalue weighted by molar-refractivity contribution is 8.01. The monoisotopic (exact) mass is 296 g/mol. The zero-order chi connectivity index (χ0) is 13.2. The molecule has 0 amide bonds. The summed E-state index contributed by atoms with van der Waals surface area (Å²) in [5, 5.41) is 6.28. The van der Waals surface area contributed by atoms with Crippen LogP contribution in [0.15, 0.2) is 39.0 Å². The normalized spacial score (nSPS) is 16.4. The van der Waals surface area contributed by atoms with Crippen molar-refractivity contribution < 1.29 is 8.78 Å². The number of benzene rings is 1. The van der Waals surface area contributed by atoms with E-state index in [1.807, 2.05) is 23.2 Å². The highest BCUT2D eigenvalue weighted by atomic mass is 32.2. The van der Waals surface area contributed by atoms with Crippen molar-refractivity contribution in [3.8, 4) is 0 Å². The van der Waals surface area contributed by atoms with Gasteiger partial charge in [-0.15, -0.1) is 23.1 Å². The van der Waals surface area contributed by atoms with Gasteiger partial charge in [-0.2, -0.15) is 5.10 Å². The van der Waals surface area contributed by atoms with Crippen LogP contribution in [0.4, 0.5) is 14.5 Å². The molecule has 1 aliphatic heterocycles. The Hall–Kier alpha value is -1.40. The number of halogens is 2. The Bertz CT molecular complexity index is 637. The minimum absolute atomic E-state index is 0.184. The van der Waals surface area contributed by atoms with Gasteiger partial charge in [0.15, 0.2) is 5.82 Å². The van der Waals surface area contributed by atoms with Gasteiger partial charge in [-0.25, -0.2) is 8.78 Å². The molecule has 0 saturated carbocycles. The van der Waals surface area contributed by atoms with Gasteiger partial charge in [0, 0.05) is 23.8 Å². The fourth-order valence-corrected chi connectivity index (χ4v) is 3.97. The lowest BCUT2D eigenvalue weighted by atomic mass is 10.1. The van der Waals surface area contributed by atoms with Gasteiger partial charge in [0.2, 0.25) is 0 Å². The molecule has 3 rings (SSSR count). The maximum absolute atomic E-state index is 13.5. The number of hydrogen-bond donors (Lipinski definition) is 1. The van der Waals surface area contributed by atoms with Gasteiger partial charge in [0.05, 0.1) is 15.6 Å². The van der Waals surface area contributed by atoms with E-state index in [0.29, 0.717) is 0 Å². The van der Waals surface area contributed by atoms with Crippen LogP contribution in [0.2, 0.25) is 0 Å². The fraction of sp³-hybridized carbons (Fsp3) is 0.154. The molecule has 1 aromatic carbocycles. The Morgan fingerprint density at radius 2 is 2.11 bits per heavy atom. The lowest BCUT2D eigenvalue weighted by molar-refractivity contribution is 0.585. The van der Waals surface area contributed by atoms with Gasteiger partial charge in [-0.1, -0.05) is 0 Å². The summed E-state index contributed by atoms with van der Waals surface area (Å²) in [5.41, 5.74) is 4.89. The maximum Gasteiger partial charge on any atom is 0.151 e. The number of anilines is 1. The molecular weight excluding hydrogens is 286 g/mol. The molecule has 98 valence electrons. The van der Waals surface area contributed by atoms with Crippen LogP contribution in [-0.2, 0) is 0 Å². The van der Waals surface area contributed by atoms with Crippen LogP contribution in [-0.4, -0.2) is 11.5 Å². The van der Waals surface area contributed by atoms with Crippen molar-refractivity contribution in [3.05, 3.63) is 46.8 Å². The zero-order valence-electron chi connectivity index (χ0n) is 9.82. The Kier molecular flexibility index (Phi) is 3.52. The number of hydrogen-bond acceptors (Lipinski definition) is 4. The number of nitrogens with one attached hydrogen (secondary N) is 1. The van der Waals surface area contributed by atoms with Crippen LogP contribution >= 0.6 is 23.1 Å². The minimum Gasteiger partial charge on any atom is -0.275 e. The van der Waals surface area contributed by atoms with E-state index in [9.17, 15) is 8.78 Å². The average molecular weight is 296 g/mol. The molecule has 1 N–H and O–H groups in total. The van der Waals surface area contributed by atoms with Crippen molar-refractivity contribution in [2.24, 2.45) is 5.10 Å². The molecule has 2 nitrogen and oxygen atoms in total. The van der Waals surface area contributed by atoms with Crippen LogP contribution in [0.25, 0.3) is 0 Å². The van der Waals surface area contributed by atoms with Crippen molar-refractivity contribution in [3.63, 3.8) is 0 Å². The van der Waals surface area contributed by atoms with Crippen molar-refractivity contribution >= 4 is 34.5 Å². The third-order valence-corrected chi connectivity index (χ3v) is 4.99. The first-order chi connectivity index (χ1) is 9.24. The molecule has 6 heteroatoms. The number of nitrogens with zero attached hydrogens (tertiary/aromatic N) is 1. The number of rotatable bonds is 2. The Balaban J connectivity index is 1.84. The summed E-state index contributed by atoms with van der Waals surface area (Å²) in [6.45, 7) is 0. The van der Waals surface area contributed by atoms with E-state index in [2.05, 4.69) is 10.5 Å². The molecule has 0 bridgehead atoms. The number of thiophene rings is 1. The first-order valence-electron chi connectivity index (χ1n) is 5.72. The highest BCUT2D eigenvalue weighted by Crippen LogP contribution is 2.34. The second-order valence-corrected chi connectivity index (χ2v) is 6.29. The molecule has 2 heterocycles. The summed E-state index contributed by atoms with van der Waals surface area (Å²) >= 11 is 3.50. The first kappa shape index (κ1) is 12.6. The predicted molar refractivity (Wildman–Crippen MR) is 76.2 cm³/mol. The SMILES string of the molecule is Fc1ccc(NN=C2CCSc3sccc32)c(F)c1. The van der Waals surface area contributed by atoms with Crippen molar-refractivity contribution in [1.29, 1.82) is 0 Å². The summed E-state index contributed by atoms with van der Waals surface area (Å²) in [6.07, 6.45) is 0.838. The molecule has 0 spiro atoms. The summed E-state index contributed by atoms with van der Waals surface area (Å²) in [7, 11) is 0. The number of hydrazone groups is 1. The molecular formula is C13H10F2N2S2. The van der Waals surface area contributed by atoms with E-state index in [1.165, 1.54) is 16.3 Å². The van der Waals surface area contributed by atoms with Gasteiger partial charge in [0.1, 0.15) is 5.82 Å². The molecule has 0 fully saturated rings. The molecule has 2 aromatic rings.